The molecule has 0 spiro atoms. The van der Waals surface area contributed by atoms with Gasteiger partial charge in [0, 0.05) is 23.1 Å². The molecule has 1 heterocycles. The van der Waals surface area contributed by atoms with Crippen LogP contribution < -0.4 is 14.9 Å². The number of hydrogen-bond acceptors (Lipinski definition) is 6. The van der Waals surface area contributed by atoms with Crippen LogP contribution in [0, 0.1) is 0 Å². The molecule has 1 fully saturated rings. The van der Waals surface area contributed by atoms with Crippen molar-refractivity contribution in [3.05, 3.63) is 58.1 Å². The van der Waals surface area contributed by atoms with Gasteiger partial charge in [-0.1, -0.05) is 15.9 Å². The first-order chi connectivity index (χ1) is 14.6. The fourth-order valence-corrected chi connectivity index (χ4v) is 3.02. The van der Waals surface area contributed by atoms with E-state index in [1.165, 1.54) is 13.3 Å². The van der Waals surface area contributed by atoms with Gasteiger partial charge in [0.25, 0.3) is 11.8 Å². The lowest BCUT2D eigenvalue weighted by atomic mass is 10.2. The molecule has 0 atom stereocenters. The van der Waals surface area contributed by atoms with Crippen molar-refractivity contribution in [1.82, 2.24) is 10.3 Å². The summed E-state index contributed by atoms with van der Waals surface area (Å²) in [5.41, 5.74) is 3.68. The largest absolute Gasteiger partial charge is 0.493 e. The molecule has 0 aliphatic carbocycles. The second-order valence-electron chi connectivity index (χ2n) is 6.40. The van der Waals surface area contributed by atoms with Crippen LogP contribution in [0.15, 0.2) is 52.0 Å². The van der Waals surface area contributed by atoms with Crippen LogP contribution in [-0.2, 0) is 9.53 Å². The fourth-order valence-electron chi connectivity index (χ4n) is 2.76. The van der Waals surface area contributed by atoms with Crippen LogP contribution in [0.4, 0.5) is 0 Å². The Morgan fingerprint density at radius 2 is 1.90 bits per heavy atom. The van der Waals surface area contributed by atoms with Crippen LogP contribution in [0.5, 0.6) is 11.5 Å². The molecule has 0 unspecified atom stereocenters. The van der Waals surface area contributed by atoms with E-state index in [9.17, 15) is 9.59 Å². The maximum atomic E-state index is 12.2. The summed E-state index contributed by atoms with van der Waals surface area (Å²) in [6.45, 7) is 2.15. The lowest BCUT2D eigenvalue weighted by molar-refractivity contribution is -0.137. The molecule has 2 aromatic carbocycles. The highest BCUT2D eigenvalue weighted by atomic mass is 79.9. The molecule has 0 aromatic heterocycles. The van der Waals surface area contributed by atoms with Gasteiger partial charge in [-0.2, -0.15) is 5.10 Å². The monoisotopic (exact) mass is 475 g/mol. The van der Waals surface area contributed by atoms with Crippen molar-refractivity contribution in [2.24, 2.45) is 5.10 Å². The second kappa shape index (κ2) is 10.7. The van der Waals surface area contributed by atoms with Crippen LogP contribution in [0.3, 0.4) is 0 Å². The number of halogens is 1. The van der Waals surface area contributed by atoms with E-state index in [0.717, 1.165) is 4.47 Å². The SMILES string of the molecule is COc1cc(/C=N/NC(=O)c2ccc(Br)cc2)ccc1OCC(=O)N1CCOCC1. The lowest BCUT2D eigenvalue weighted by Crippen LogP contribution is -2.43. The predicted molar refractivity (Wildman–Crippen MR) is 115 cm³/mol. The number of carbonyl (C=O) groups is 2. The molecule has 0 bridgehead atoms. The maximum Gasteiger partial charge on any atom is 0.271 e. The van der Waals surface area contributed by atoms with Crippen molar-refractivity contribution in [3.63, 3.8) is 0 Å². The summed E-state index contributed by atoms with van der Waals surface area (Å²) >= 11 is 3.33. The van der Waals surface area contributed by atoms with Crippen molar-refractivity contribution < 1.29 is 23.8 Å². The summed E-state index contributed by atoms with van der Waals surface area (Å²) in [5, 5.41) is 3.98. The highest BCUT2D eigenvalue weighted by molar-refractivity contribution is 9.10. The van der Waals surface area contributed by atoms with Crippen LogP contribution in [0.25, 0.3) is 0 Å². The Morgan fingerprint density at radius 1 is 1.17 bits per heavy atom. The first kappa shape index (κ1) is 21.8. The lowest BCUT2D eigenvalue weighted by Gasteiger charge is -2.26. The van der Waals surface area contributed by atoms with Gasteiger partial charge in [-0.25, -0.2) is 5.43 Å². The number of methoxy groups -OCH3 is 1. The van der Waals surface area contributed by atoms with Crippen molar-refractivity contribution in [1.29, 1.82) is 0 Å². The molecule has 158 valence electrons. The van der Waals surface area contributed by atoms with Gasteiger partial charge in [0.05, 0.1) is 26.5 Å². The highest BCUT2D eigenvalue weighted by Crippen LogP contribution is 2.27. The zero-order chi connectivity index (χ0) is 21.3. The molecule has 1 N–H and O–H groups in total. The standard InChI is InChI=1S/C21H22BrN3O5/c1-28-19-12-15(13-23-24-21(27)16-3-5-17(22)6-4-16)2-7-18(19)30-14-20(26)25-8-10-29-11-9-25/h2-7,12-13H,8-11,14H2,1H3,(H,24,27)/b23-13+. The summed E-state index contributed by atoms with van der Waals surface area (Å²) < 4.78 is 17.1. The summed E-state index contributed by atoms with van der Waals surface area (Å²) in [5.74, 6) is 0.511. The quantitative estimate of drug-likeness (QED) is 0.490. The van der Waals surface area contributed by atoms with E-state index in [0.29, 0.717) is 48.9 Å². The Bertz CT molecular complexity index is 911. The van der Waals surface area contributed by atoms with E-state index < -0.39 is 0 Å². The molecule has 0 radical (unpaired) electrons. The summed E-state index contributed by atoms with van der Waals surface area (Å²) in [6, 6.07) is 12.1. The molecule has 2 amide bonds. The van der Waals surface area contributed by atoms with E-state index in [2.05, 4.69) is 26.5 Å². The number of rotatable bonds is 7. The van der Waals surface area contributed by atoms with Gasteiger partial charge in [-0.15, -0.1) is 0 Å². The number of hydrogen-bond donors (Lipinski definition) is 1. The fraction of sp³-hybridized carbons (Fsp3) is 0.286. The highest BCUT2D eigenvalue weighted by Gasteiger charge is 2.18. The number of amides is 2. The van der Waals surface area contributed by atoms with E-state index in [1.54, 1.807) is 47.4 Å². The smallest absolute Gasteiger partial charge is 0.271 e. The van der Waals surface area contributed by atoms with Gasteiger partial charge in [0.2, 0.25) is 0 Å². The van der Waals surface area contributed by atoms with E-state index >= 15 is 0 Å². The van der Waals surface area contributed by atoms with Crippen LogP contribution in [-0.4, -0.2) is 62.9 Å². The maximum absolute atomic E-state index is 12.2. The molecular formula is C21H22BrN3O5. The van der Waals surface area contributed by atoms with E-state index in [-0.39, 0.29) is 18.4 Å². The Kier molecular flexibility index (Phi) is 7.81. The van der Waals surface area contributed by atoms with E-state index in [4.69, 9.17) is 14.2 Å². The zero-order valence-corrected chi connectivity index (χ0v) is 18.1. The van der Waals surface area contributed by atoms with Crippen molar-refractivity contribution in [2.75, 3.05) is 40.0 Å². The number of benzene rings is 2. The van der Waals surface area contributed by atoms with Crippen LogP contribution in [0.2, 0.25) is 0 Å². The molecule has 8 nitrogen and oxygen atoms in total. The summed E-state index contributed by atoms with van der Waals surface area (Å²) in [4.78, 5) is 26.0. The third kappa shape index (κ3) is 6.04. The first-order valence-electron chi connectivity index (χ1n) is 9.32. The second-order valence-corrected chi connectivity index (χ2v) is 7.31. The number of nitrogens with zero attached hydrogens (tertiary/aromatic N) is 2. The Balaban J connectivity index is 1.56. The molecule has 9 heteroatoms. The van der Waals surface area contributed by atoms with Gasteiger partial charge in [-0.05, 0) is 48.0 Å². The zero-order valence-electron chi connectivity index (χ0n) is 16.5. The number of nitrogens with one attached hydrogen (secondary N) is 1. The molecule has 2 aromatic rings. The molecule has 1 saturated heterocycles. The molecule has 3 rings (SSSR count). The Hall–Kier alpha value is -2.91. The number of morpholine rings is 1. The third-order valence-electron chi connectivity index (χ3n) is 4.39. The van der Waals surface area contributed by atoms with Gasteiger partial charge < -0.3 is 19.1 Å². The van der Waals surface area contributed by atoms with Crippen molar-refractivity contribution >= 4 is 34.0 Å². The molecule has 30 heavy (non-hydrogen) atoms. The number of carbonyl (C=O) groups excluding carboxylic acids is 2. The normalized spacial score (nSPS) is 13.9. The van der Waals surface area contributed by atoms with Crippen molar-refractivity contribution in [2.45, 2.75) is 0 Å². The van der Waals surface area contributed by atoms with E-state index in [1.807, 2.05) is 0 Å². The van der Waals surface area contributed by atoms with Crippen LogP contribution in [0.1, 0.15) is 15.9 Å². The first-order valence-corrected chi connectivity index (χ1v) is 10.1. The minimum Gasteiger partial charge on any atom is -0.493 e. The molecule has 1 aliphatic heterocycles. The van der Waals surface area contributed by atoms with Gasteiger partial charge in [-0.3, -0.25) is 9.59 Å². The van der Waals surface area contributed by atoms with Gasteiger partial charge in [0.1, 0.15) is 0 Å². The predicted octanol–water partition coefficient (Wildman–Crippen LogP) is 2.46. The average molecular weight is 476 g/mol. The van der Waals surface area contributed by atoms with Gasteiger partial charge >= 0.3 is 0 Å². The minimum atomic E-state index is -0.313. The van der Waals surface area contributed by atoms with Crippen LogP contribution >= 0.6 is 15.9 Å². The topological polar surface area (TPSA) is 89.5 Å². The molecule has 1 aliphatic rings. The Morgan fingerprint density at radius 3 is 2.60 bits per heavy atom. The summed E-state index contributed by atoms with van der Waals surface area (Å²) in [6.07, 6.45) is 1.50. The molecule has 0 saturated carbocycles. The number of ether oxygens (including phenoxy) is 3. The summed E-state index contributed by atoms with van der Waals surface area (Å²) in [7, 11) is 1.52. The average Bonchev–Trinajstić information content (AvgIpc) is 2.78. The van der Waals surface area contributed by atoms with Gasteiger partial charge in [0.15, 0.2) is 18.1 Å². The van der Waals surface area contributed by atoms with Crippen molar-refractivity contribution in [3.8, 4) is 11.5 Å². The third-order valence-corrected chi connectivity index (χ3v) is 4.92. The number of hydrazone groups is 1. The minimum absolute atomic E-state index is 0.0763. The molecular weight excluding hydrogens is 454 g/mol. The Labute approximate surface area is 182 Å².